The first-order chi connectivity index (χ1) is 13.2. The van der Waals surface area contributed by atoms with Crippen molar-refractivity contribution < 1.29 is 14.7 Å². The highest BCUT2D eigenvalue weighted by molar-refractivity contribution is 6.55. The summed E-state index contributed by atoms with van der Waals surface area (Å²) in [5, 5.41) is 13.1. The molecule has 3 aromatic rings. The SMILES string of the molecule is C[Si](C)CCOCn1nccc1-c1ccc(Oc2ccc(NO)nc2)cc1. The molecule has 1 radical (unpaired) electrons. The van der Waals surface area contributed by atoms with Gasteiger partial charge < -0.3 is 9.47 Å². The zero-order valence-electron chi connectivity index (χ0n) is 15.4. The molecule has 0 amide bonds. The van der Waals surface area contributed by atoms with E-state index in [1.54, 1.807) is 18.3 Å². The zero-order chi connectivity index (χ0) is 19.1. The standard InChI is InChI=1S/C19H23N4O3Si/c1-27(2)12-11-25-14-23-18(9-10-21-23)15-3-5-16(6-4-15)26-17-7-8-19(22-24)20-13-17/h3-10,13,24H,11-12,14H2,1-2H3,(H,20,22). The van der Waals surface area contributed by atoms with Crippen molar-refractivity contribution in [2.45, 2.75) is 25.9 Å². The smallest absolute Gasteiger partial charge is 0.149 e. The molecule has 7 nitrogen and oxygen atoms in total. The minimum absolute atomic E-state index is 0.260. The summed E-state index contributed by atoms with van der Waals surface area (Å²) in [6.45, 7) is 5.79. The number of ether oxygens (including phenoxy) is 2. The van der Waals surface area contributed by atoms with E-state index in [1.165, 1.54) is 6.20 Å². The summed E-state index contributed by atoms with van der Waals surface area (Å²) in [6, 6.07) is 14.2. The van der Waals surface area contributed by atoms with E-state index in [2.05, 4.69) is 23.2 Å². The van der Waals surface area contributed by atoms with Gasteiger partial charge in [0.1, 0.15) is 24.0 Å². The Morgan fingerprint density at radius 1 is 1.07 bits per heavy atom. The van der Waals surface area contributed by atoms with E-state index in [-0.39, 0.29) is 8.80 Å². The third kappa shape index (κ3) is 5.39. The van der Waals surface area contributed by atoms with E-state index in [9.17, 15) is 0 Å². The third-order valence-electron chi connectivity index (χ3n) is 3.91. The highest BCUT2D eigenvalue weighted by Gasteiger charge is 2.07. The molecule has 8 heteroatoms. The number of rotatable bonds is 9. The summed E-state index contributed by atoms with van der Waals surface area (Å²) in [7, 11) is -0.260. The van der Waals surface area contributed by atoms with Gasteiger partial charge in [0.25, 0.3) is 0 Å². The number of anilines is 1. The molecule has 2 aromatic heterocycles. The molecule has 2 N–H and O–H groups in total. The molecule has 0 aliphatic carbocycles. The molecule has 0 saturated carbocycles. The minimum atomic E-state index is -0.260. The molecule has 0 unspecified atom stereocenters. The van der Waals surface area contributed by atoms with Crippen LogP contribution in [0.25, 0.3) is 11.3 Å². The average Bonchev–Trinajstić information content (AvgIpc) is 3.15. The van der Waals surface area contributed by atoms with E-state index in [4.69, 9.17) is 14.7 Å². The monoisotopic (exact) mass is 383 g/mol. The van der Waals surface area contributed by atoms with Crippen LogP contribution in [0.4, 0.5) is 5.82 Å². The molecule has 0 saturated heterocycles. The van der Waals surface area contributed by atoms with E-state index in [0.717, 1.165) is 23.9 Å². The average molecular weight is 384 g/mol. The van der Waals surface area contributed by atoms with Gasteiger partial charge in [-0.25, -0.2) is 9.67 Å². The Morgan fingerprint density at radius 3 is 2.52 bits per heavy atom. The molecular formula is C19H23N4O3Si. The summed E-state index contributed by atoms with van der Waals surface area (Å²) in [4.78, 5) is 4.00. The zero-order valence-corrected chi connectivity index (χ0v) is 16.4. The van der Waals surface area contributed by atoms with Crippen molar-refractivity contribution in [3.63, 3.8) is 0 Å². The first kappa shape index (κ1) is 19.1. The van der Waals surface area contributed by atoms with Crippen LogP contribution in [0.3, 0.4) is 0 Å². The highest BCUT2D eigenvalue weighted by Crippen LogP contribution is 2.26. The summed E-state index contributed by atoms with van der Waals surface area (Å²) < 4.78 is 13.4. The van der Waals surface area contributed by atoms with Gasteiger partial charge in [0.05, 0.1) is 11.9 Å². The van der Waals surface area contributed by atoms with Gasteiger partial charge in [-0.2, -0.15) is 5.10 Å². The molecule has 3 rings (SSSR count). The van der Waals surface area contributed by atoms with Crippen LogP contribution in [-0.4, -0.2) is 35.4 Å². The van der Waals surface area contributed by atoms with E-state index in [0.29, 0.717) is 24.0 Å². The highest BCUT2D eigenvalue weighted by atomic mass is 28.3. The Hall–Kier alpha value is -2.68. The van der Waals surface area contributed by atoms with Gasteiger partial charge in [-0.3, -0.25) is 10.7 Å². The van der Waals surface area contributed by atoms with Crippen molar-refractivity contribution in [1.82, 2.24) is 14.8 Å². The van der Waals surface area contributed by atoms with Gasteiger partial charge in [0.2, 0.25) is 0 Å². The topological polar surface area (TPSA) is 81.4 Å². The molecule has 0 aliphatic rings. The molecule has 1 aromatic carbocycles. The summed E-state index contributed by atoms with van der Waals surface area (Å²) in [5.74, 6) is 1.66. The van der Waals surface area contributed by atoms with Crippen molar-refractivity contribution in [3.8, 4) is 22.8 Å². The van der Waals surface area contributed by atoms with Gasteiger partial charge in [-0.15, -0.1) is 0 Å². The lowest BCUT2D eigenvalue weighted by Crippen LogP contribution is -2.10. The Labute approximate surface area is 160 Å². The van der Waals surface area contributed by atoms with Crippen molar-refractivity contribution in [3.05, 3.63) is 54.9 Å². The van der Waals surface area contributed by atoms with Gasteiger partial charge in [-0.05, 0) is 48.5 Å². The molecule has 2 heterocycles. The maximum atomic E-state index is 8.79. The molecule has 141 valence electrons. The van der Waals surface area contributed by atoms with Crippen molar-refractivity contribution in [1.29, 1.82) is 0 Å². The van der Waals surface area contributed by atoms with Crippen molar-refractivity contribution >= 4 is 14.6 Å². The van der Waals surface area contributed by atoms with E-state index < -0.39 is 0 Å². The van der Waals surface area contributed by atoms with Crippen molar-refractivity contribution in [2.75, 3.05) is 12.1 Å². The maximum absolute atomic E-state index is 8.79. The van der Waals surface area contributed by atoms with E-state index in [1.807, 2.05) is 40.5 Å². The van der Waals surface area contributed by atoms with Gasteiger partial charge in [0.15, 0.2) is 0 Å². The van der Waals surface area contributed by atoms with Gasteiger partial charge in [0, 0.05) is 27.2 Å². The fourth-order valence-electron chi connectivity index (χ4n) is 2.44. The second-order valence-electron chi connectivity index (χ2n) is 6.33. The molecule has 0 aliphatic heterocycles. The quantitative estimate of drug-likeness (QED) is 0.326. The molecule has 0 spiro atoms. The van der Waals surface area contributed by atoms with Crippen LogP contribution in [-0.2, 0) is 11.5 Å². The van der Waals surface area contributed by atoms with E-state index >= 15 is 0 Å². The second-order valence-corrected chi connectivity index (χ2v) is 9.24. The number of aromatic nitrogens is 3. The normalized spacial score (nSPS) is 11.0. The first-order valence-electron chi connectivity index (χ1n) is 8.69. The van der Waals surface area contributed by atoms with Gasteiger partial charge >= 0.3 is 0 Å². The molecule has 0 fully saturated rings. The Balaban J connectivity index is 1.62. The number of hydrogen-bond acceptors (Lipinski definition) is 6. The fourth-order valence-corrected chi connectivity index (χ4v) is 3.00. The van der Waals surface area contributed by atoms with Crippen molar-refractivity contribution in [2.24, 2.45) is 0 Å². The summed E-state index contributed by atoms with van der Waals surface area (Å²) >= 11 is 0. The predicted molar refractivity (Wildman–Crippen MR) is 106 cm³/mol. The fraction of sp³-hybridized carbons (Fsp3) is 0.263. The first-order valence-corrected chi connectivity index (χ1v) is 11.4. The Morgan fingerprint density at radius 2 is 1.85 bits per heavy atom. The number of pyridine rings is 1. The van der Waals surface area contributed by atoms with Crippen LogP contribution >= 0.6 is 0 Å². The number of nitrogens with one attached hydrogen (secondary N) is 1. The van der Waals surface area contributed by atoms with Crippen LogP contribution in [0.1, 0.15) is 0 Å². The summed E-state index contributed by atoms with van der Waals surface area (Å²) in [6.07, 6.45) is 3.32. The lowest BCUT2D eigenvalue weighted by molar-refractivity contribution is 0.0801. The van der Waals surface area contributed by atoms with Crippen LogP contribution in [0.15, 0.2) is 54.9 Å². The Bertz CT molecular complexity index is 835. The molecule has 0 atom stereocenters. The maximum Gasteiger partial charge on any atom is 0.149 e. The molecule has 27 heavy (non-hydrogen) atoms. The predicted octanol–water partition coefficient (Wildman–Crippen LogP) is 4.27. The lowest BCUT2D eigenvalue weighted by Gasteiger charge is -2.10. The van der Waals surface area contributed by atoms with Crippen LogP contribution < -0.4 is 10.2 Å². The van der Waals surface area contributed by atoms with Crippen LogP contribution in [0.2, 0.25) is 19.1 Å². The van der Waals surface area contributed by atoms with Crippen LogP contribution in [0.5, 0.6) is 11.5 Å². The second kappa shape index (κ2) is 9.31. The largest absolute Gasteiger partial charge is 0.456 e. The Kier molecular flexibility index (Phi) is 6.58. The number of benzene rings is 1. The number of nitrogens with zero attached hydrogens (tertiary/aromatic N) is 3. The summed E-state index contributed by atoms with van der Waals surface area (Å²) in [5.41, 5.74) is 4.03. The molecular weight excluding hydrogens is 360 g/mol. The lowest BCUT2D eigenvalue weighted by atomic mass is 10.1. The van der Waals surface area contributed by atoms with Crippen LogP contribution in [0, 0.1) is 0 Å². The van der Waals surface area contributed by atoms with Gasteiger partial charge in [-0.1, -0.05) is 13.1 Å². The number of hydrogen-bond donors (Lipinski definition) is 2. The molecule has 0 bridgehead atoms. The third-order valence-corrected chi connectivity index (χ3v) is 5.12. The minimum Gasteiger partial charge on any atom is -0.456 e.